The van der Waals surface area contributed by atoms with Crippen molar-refractivity contribution >= 4 is 45.9 Å². The van der Waals surface area contributed by atoms with Crippen molar-refractivity contribution in [3.8, 4) is 0 Å². The molecule has 0 aromatic heterocycles. The molecule has 1 aliphatic heterocycles. The summed E-state index contributed by atoms with van der Waals surface area (Å²) in [4.78, 5) is 47.0. The van der Waals surface area contributed by atoms with Crippen LogP contribution in [0.3, 0.4) is 0 Å². The number of non-ortho nitro benzene ring substituents is 1. The predicted octanol–water partition coefficient (Wildman–Crippen LogP) is 7.32. The summed E-state index contributed by atoms with van der Waals surface area (Å²) in [5, 5.41) is 13.3. The van der Waals surface area contributed by atoms with Crippen LogP contribution in [0.4, 0.5) is 17.1 Å². The molecule has 0 unspecified atom stereocenters. The van der Waals surface area contributed by atoms with Crippen molar-refractivity contribution in [3.05, 3.63) is 147 Å². The van der Waals surface area contributed by atoms with E-state index in [-0.39, 0.29) is 23.4 Å². The van der Waals surface area contributed by atoms with E-state index in [0.29, 0.717) is 22.5 Å². The minimum atomic E-state index is -1.03. The van der Waals surface area contributed by atoms with Crippen molar-refractivity contribution in [2.45, 2.75) is 25.2 Å². The molecule has 7 heteroatoms. The Labute approximate surface area is 253 Å². The zero-order chi connectivity index (χ0) is 30.3. The molecule has 4 aliphatic rings. The number of aliphatic imine (C=N–C) groups is 1. The number of nitro benzene ring substituents is 1. The number of nitrogens with zero attached hydrogens (tertiary/aromatic N) is 3. The van der Waals surface area contributed by atoms with E-state index in [9.17, 15) is 19.7 Å². The van der Waals surface area contributed by atoms with E-state index < -0.39 is 22.2 Å². The number of carbonyl (C=O) groups excluding carboxylic acids is 2. The van der Waals surface area contributed by atoms with Crippen molar-refractivity contribution in [3.63, 3.8) is 0 Å². The highest BCUT2D eigenvalue weighted by atomic mass is 16.6. The van der Waals surface area contributed by atoms with Crippen LogP contribution >= 0.6 is 0 Å². The lowest BCUT2D eigenvalue weighted by molar-refractivity contribution is -0.384. The Bertz CT molecular complexity index is 2040. The second kappa shape index (κ2) is 9.28. The first-order valence-corrected chi connectivity index (χ1v) is 14.7. The number of fused-ring (bicyclic) bond motifs is 1. The number of hydrogen-bond donors (Lipinski definition) is 0. The minimum Gasteiger partial charge on any atom is -0.274 e. The highest BCUT2D eigenvalue weighted by molar-refractivity contribution is 6.27. The van der Waals surface area contributed by atoms with Crippen molar-refractivity contribution in [2.24, 2.45) is 16.8 Å². The van der Waals surface area contributed by atoms with Gasteiger partial charge in [0.2, 0.25) is 11.8 Å². The van der Waals surface area contributed by atoms with Crippen LogP contribution in [0.1, 0.15) is 39.3 Å². The maximum absolute atomic E-state index is 14.8. The van der Waals surface area contributed by atoms with Crippen LogP contribution < -0.4 is 4.90 Å². The van der Waals surface area contributed by atoms with Crippen LogP contribution in [0.15, 0.2) is 108 Å². The average molecular weight is 578 g/mol. The van der Waals surface area contributed by atoms with Gasteiger partial charge in [0.1, 0.15) is 0 Å². The fraction of sp³-hybridized carbons (Fsp3) is 0.162. The second-order valence-electron chi connectivity index (χ2n) is 12.0. The number of amides is 2. The van der Waals surface area contributed by atoms with Gasteiger partial charge >= 0.3 is 0 Å². The average Bonchev–Trinajstić information content (AvgIpc) is 3.30. The molecule has 5 aromatic rings. The first kappa shape index (κ1) is 26.2. The molecule has 1 heterocycles. The van der Waals surface area contributed by atoms with Gasteiger partial charge < -0.3 is 0 Å². The summed E-state index contributed by atoms with van der Waals surface area (Å²) in [5.74, 6) is -2.05. The lowest BCUT2D eigenvalue weighted by Crippen LogP contribution is -2.54. The van der Waals surface area contributed by atoms with E-state index in [1.54, 1.807) is 13.8 Å². The smallest absolute Gasteiger partial charge is 0.270 e. The van der Waals surface area contributed by atoms with Crippen LogP contribution in [0, 0.1) is 35.8 Å². The van der Waals surface area contributed by atoms with Crippen molar-refractivity contribution < 1.29 is 14.5 Å². The normalized spacial score (nSPS) is 23.2. The van der Waals surface area contributed by atoms with E-state index in [4.69, 9.17) is 4.99 Å². The third-order valence-electron chi connectivity index (χ3n) is 9.78. The van der Waals surface area contributed by atoms with Crippen molar-refractivity contribution in [2.75, 3.05) is 4.90 Å². The van der Waals surface area contributed by atoms with Crippen LogP contribution in [0.2, 0.25) is 0 Å². The van der Waals surface area contributed by atoms with Gasteiger partial charge in [-0.15, -0.1) is 0 Å². The molecular weight excluding hydrogens is 550 g/mol. The number of imide groups is 1. The zero-order valence-corrected chi connectivity index (χ0v) is 24.1. The van der Waals surface area contributed by atoms with Crippen molar-refractivity contribution in [1.82, 2.24) is 0 Å². The summed E-state index contributed by atoms with van der Waals surface area (Å²) in [6.45, 7) is 3.61. The lowest BCUT2D eigenvalue weighted by Gasteiger charge is -2.52. The van der Waals surface area contributed by atoms with E-state index in [0.717, 1.165) is 33.0 Å². The summed E-state index contributed by atoms with van der Waals surface area (Å²) < 4.78 is 0. The number of benzene rings is 5. The molecule has 2 atom stereocenters. The van der Waals surface area contributed by atoms with Gasteiger partial charge in [-0.1, -0.05) is 84.9 Å². The van der Waals surface area contributed by atoms with Crippen LogP contribution in [0.5, 0.6) is 0 Å². The molecule has 1 saturated heterocycles. The number of anilines is 1. The number of nitro groups is 1. The number of rotatable bonds is 4. The Hall–Kier alpha value is -5.43. The van der Waals surface area contributed by atoms with Gasteiger partial charge in [0.25, 0.3) is 5.69 Å². The summed E-state index contributed by atoms with van der Waals surface area (Å²) >= 11 is 0. The number of carbonyl (C=O) groups is 2. The Balaban J connectivity index is 1.39. The van der Waals surface area contributed by atoms with Gasteiger partial charge in [-0.2, -0.15) is 0 Å². The fourth-order valence-corrected chi connectivity index (χ4v) is 8.10. The molecule has 2 bridgehead atoms. The van der Waals surface area contributed by atoms with Gasteiger partial charge in [-0.05, 0) is 58.7 Å². The highest BCUT2D eigenvalue weighted by Crippen LogP contribution is 2.64. The van der Waals surface area contributed by atoms with E-state index in [1.807, 2.05) is 85.1 Å². The standard InChI is InChI=1S/C37H27N3O4/c1-21-18-24(40(43)44)19-22(2)34(21)38-20-37-28-15-7-5-13-26(28)31(27-14-6-8-16-29(27)37)32-33(37)36(42)39(35(32)41)30-17-9-11-23-10-3-4-12-25(23)30/h3-20,31-33H,1-2H3/t31?,32-,33+,37?/m1/s1. The highest BCUT2D eigenvalue weighted by Gasteiger charge is 2.68. The van der Waals surface area contributed by atoms with Gasteiger partial charge in [-0.3, -0.25) is 24.7 Å². The topological polar surface area (TPSA) is 92.9 Å². The lowest BCUT2D eigenvalue weighted by atomic mass is 9.47. The first-order valence-electron chi connectivity index (χ1n) is 14.7. The quantitative estimate of drug-likeness (QED) is 0.0968. The molecule has 0 spiro atoms. The molecule has 44 heavy (non-hydrogen) atoms. The molecule has 3 aliphatic carbocycles. The number of aryl methyl sites for hydroxylation is 2. The van der Waals surface area contributed by atoms with Gasteiger partial charge in [0, 0.05) is 29.7 Å². The van der Waals surface area contributed by atoms with E-state index in [2.05, 4.69) is 12.1 Å². The summed E-state index contributed by atoms with van der Waals surface area (Å²) in [6.07, 6.45) is 1.84. The zero-order valence-electron chi connectivity index (χ0n) is 24.1. The minimum absolute atomic E-state index is 0.00772. The van der Waals surface area contributed by atoms with Gasteiger partial charge in [0.05, 0.1) is 33.5 Å². The molecule has 1 fully saturated rings. The summed E-state index contributed by atoms with van der Waals surface area (Å²) in [7, 11) is 0. The monoisotopic (exact) mass is 577 g/mol. The molecule has 7 nitrogen and oxygen atoms in total. The molecule has 214 valence electrons. The van der Waals surface area contributed by atoms with Crippen LogP contribution in [0.25, 0.3) is 10.8 Å². The first-order chi connectivity index (χ1) is 21.3. The fourth-order valence-electron chi connectivity index (χ4n) is 8.10. The Kier molecular flexibility index (Phi) is 5.53. The third kappa shape index (κ3) is 3.35. The Morgan fingerprint density at radius 1 is 0.795 bits per heavy atom. The summed E-state index contributed by atoms with van der Waals surface area (Å²) in [5.41, 5.74) is 5.50. The van der Waals surface area contributed by atoms with E-state index >= 15 is 0 Å². The predicted molar refractivity (Wildman–Crippen MR) is 170 cm³/mol. The summed E-state index contributed by atoms with van der Waals surface area (Å²) in [6, 6.07) is 32.7. The molecule has 9 rings (SSSR count). The molecule has 0 N–H and O–H groups in total. The maximum atomic E-state index is 14.8. The molecular formula is C37H27N3O4. The van der Waals surface area contributed by atoms with Gasteiger partial charge in [0.15, 0.2) is 0 Å². The molecule has 0 saturated carbocycles. The molecule has 2 amide bonds. The Morgan fingerprint density at radius 3 is 2.05 bits per heavy atom. The second-order valence-corrected chi connectivity index (χ2v) is 12.0. The third-order valence-corrected chi connectivity index (χ3v) is 9.78. The van der Waals surface area contributed by atoms with Crippen LogP contribution in [-0.4, -0.2) is 23.0 Å². The van der Waals surface area contributed by atoms with Crippen LogP contribution in [-0.2, 0) is 15.0 Å². The van der Waals surface area contributed by atoms with Gasteiger partial charge in [-0.25, -0.2) is 4.90 Å². The largest absolute Gasteiger partial charge is 0.274 e. The molecule has 0 radical (unpaired) electrons. The molecule has 5 aromatic carbocycles. The Morgan fingerprint density at radius 2 is 1.39 bits per heavy atom. The SMILES string of the molecule is Cc1cc([N+](=O)[O-])cc(C)c1N=CC12c3ccccc3C(c3ccccc31)[C@H]1C(=O)N(c3cccc4ccccc34)C(=O)[C@H]12. The number of hydrogen-bond acceptors (Lipinski definition) is 5. The van der Waals surface area contributed by atoms with E-state index in [1.165, 1.54) is 17.0 Å². The maximum Gasteiger partial charge on any atom is 0.270 e. The van der Waals surface area contributed by atoms with Crippen molar-refractivity contribution in [1.29, 1.82) is 0 Å².